The summed E-state index contributed by atoms with van der Waals surface area (Å²) in [5.41, 5.74) is 2.61. The van der Waals surface area contributed by atoms with Gasteiger partial charge in [0.05, 0.1) is 21.6 Å². The van der Waals surface area contributed by atoms with E-state index in [9.17, 15) is 18.3 Å². The van der Waals surface area contributed by atoms with Crippen molar-refractivity contribution in [1.82, 2.24) is 0 Å². The van der Waals surface area contributed by atoms with Gasteiger partial charge in [0.25, 0.3) is 0 Å². The fraction of sp³-hybridized carbons (Fsp3) is 0.250. The molecule has 26 heavy (non-hydrogen) atoms. The summed E-state index contributed by atoms with van der Waals surface area (Å²) in [5, 5.41) is 12.7. The lowest BCUT2D eigenvalue weighted by Gasteiger charge is -2.32. The van der Waals surface area contributed by atoms with Gasteiger partial charge in [-0.2, -0.15) is 13.2 Å². The molecule has 2 aromatic carbocycles. The largest absolute Gasteiger partial charge is 0.423 e. The van der Waals surface area contributed by atoms with Gasteiger partial charge in [-0.05, 0) is 35.4 Å². The molecule has 0 saturated carbocycles. The van der Waals surface area contributed by atoms with Crippen molar-refractivity contribution in [3.05, 3.63) is 61.5 Å². The molecule has 0 aliphatic carbocycles. The number of rotatable bonds is 5. The first-order valence-electron chi connectivity index (χ1n) is 7.16. The second kappa shape index (κ2) is 8.00. The van der Waals surface area contributed by atoms with E-state index in [0.717, 1.165) is 12.1 Å². The van der Waals surface area contributed by atoms with E-state index in [1.165, 1.54) is 12.1 Å². The third-order valence-corrected chi connectivity index (χ3v) is 5.30. The van der Waals surface area contributed by atoms with E-state index in [2.05, 4.69) is 5.32 Å². The fourth-order valence-corrected chi connectivity index (χ4v) is 3.07. The minimum atomic E-state index is -5.01. The highest BCUT2D eigenvalue weighted by Gasteiger charge is 2.55. The van der Waals surface area contributed by atoms with Crippen molar-refractivity contribution >= 4 is 52.1 Å². The van der Waals surface area contributed by atoms with Crippen LogP contribution in [0.15, 0.2) is 30.3 Å². The van der Waals surface area contributed by atoms with E-state index in [4.69, 9.17) is 52.1 Å². The maximum Gasteiger partial charge on any atom is 0.423 e. The maximum atomic E-state index is 13.6. The van der Waals surface area contributed by atoms with Gasteiger partial charge >= 0.3 is 6.18 Å². The van der Waals surface area contributed by atoms with E-state index in [1.807, 2.05) is 0 Å². The summed E-state index contributed by atoms with van der Waals surface area (Å²) >= 11 is 23.4. The van der Waals surface area contributed by atoms with Crippen LogP contribution in [0, 0.1) is 0 Å². The number of alkyl halides is 3. The molecular weight excluding hydrogens is 435 g/mol. The first kappa shape index (κ1) is 21.4. The summed E-state index contributed by atoms with van der Waals surface area (Å²) in [6.45, 7) is -0.712. The van der Waals surface area contributed by atoms with Crippen LogP contribution in [-0.4, -0.2) is 17.8 Å². The lowest BCUT2D eigenvalue weighted by atomic mass is 9.92. The highest BCUT2D eigenvalue weighted by Crippen LogP contribution is 2.43. The standard InChI is InChI=1S/C16H13Cl4F3N2O/c17-11-5-10(2-1-8(11)6-24)25-7-15(26,16(21,22)23)9-3-12(18)14(20)13(19)4-9/h1-5,25-26H,6-7,24H2/t15-/m1/s1. The molecular formula is C16H13Cl4F3N2O. The summed E-state index contributed by atoms with van der Waals surface area (Å²) in [7, 11) is 0. The predicted octanol–water partition coefficient (Wildman–Crippen LogP) is 5.62. The zero-order chi connectivity index (χ0) is 19.7. The lowest BCUT2D eigenvalue weighted by molar-refractivity contribution is -0.260. The first-order valence-corrected chi connectivity index (χ1v) is 8.67. The van der Waals surface area contributed by atoms with Crippen LogP contribution in [0.4, 0.5) is 18.9 Å². The topological polar surface area (TPSA) is 58.3 Å². The Kier molecular flexibility index (Phi) is 6.59. The van der Waals surface area contributed by atoms with Crippen molar-refractivity contribution in [3.8, 4) is 0 Å². The summed E-state index contributed by atoms with van der Waals surface area (Å²) in [4.78, 5) is 0. The molecule has 0 heterocycles. The molecule has 3 nitrogen and oxygen atoms in total. The molecule has 0 fully saturated rings. The Morgan fingerprint density at radius 1 is 0.962 bits per heavy atom. The number of hydrogen-bond acceptors (Lipinski definition) is 3. The molecule has 0 aliphatic heterocycles. The van der Waals surface area contributed by atoms with E-state index in [1.54, 1.807) is 6.07 Å². The zero-order valence-electron chi connectivity index (χ0n) is 13.0. The Labute approximate surface area is 167 Å². The van der Waals surface area contributed by atoms with Crippen LogP contribution in [-0.2, 0) is 12.1 Å². The van der Waals surface area contributed by atoms with Gasteiger partial charge in [0.2, 0.25) is 5.60 Å². The summed E-state index contributed by atoms with van der Waals surface area (Å²) in [6.07, 6.45) is -5.01. The monoisotopic (exact) mass is 446 g/mol. The van der Waals surface area contributed by atoms with Crippen molar-refractivity contribution in [2.75, 3.05) is 11.9 Å². The molecule has 0 aromatic heterocycles. The van der Waals surface area contributed by atoms with Crippen molar-refractivity contribution in [2.45, 2.75) is 18.3 Å². The highest BCUT2D eigenvalue weighted by molar-refractivity contribution is 6.48. The van der Waals surface area contributed by atoms with E-state index in [0.29, 0.717) is 10.6 Å². The normalized spacial score (nSPS) is 14.2. The summed E-state index contributed by atoms with van der Waals surface area (Å²) < 4.78 is 40.8. The average molecular weight is 448 g/mol. The fourth-order valence-electron chi connectivity index (χ4n) is 2.21. The van der Waals surface area contributed by atoms with Crippen LogP contribution >= 0.6 is 46.4 Å². The van der Waals surface area contributed by atoms with Gasteiger partial charge in [-0.15, -0.1) is 0 Å². The second-order valence-electron chi connectivity index (χ2n) is 5.48. The van der Waals surface area contributed by atoms with Crippen molar-refractivity contribution in [3.63, 3.8) is 0 Å². The molecule has 142 valence electrons. The van der Waals surface area contributed by atoms with E-state index < -0.39 is 23.9 Å². The summed E-state index contributed by atoms with van der Waals surface area (Å²) in [5.74, 6) is 0. The minimum Gasteiger partial charge on any atom is -0.381 e. The van der Waals surface area contributed by atoms with Crippen molar-refractivity contribution in [1.29, 1.82) is 0 Å². The van der Waals surface area contributed by atoms with Crippen molar-refractivity contribution < 1.29 is 18.3 Å². The number of anilines is 1. The van der Waals surface area contributed by atoms with Crippen LogP contribution in [0.1, 0.15) is 11.1 Å². The number of hydrogen-bond donors (Lipinski definition) is 3. The van der Waals surface area contributed by atoms with Crippen LogP contribution in [0.5, 0.6) is 0 Å². The Bertz CT molecular complexity index is 794. The number of aliphatic hydroxyl groups is 1. The molecule has 0 aliphatic rings. The van der Waals surface area contributed by atoms with Gasteiger partial charge < -0.3 is 16.2 Å². The van der Waals surface area contributed by atoms with Crippen LogP contribution in [0.25, 0.3) is 0 Å². The van der Waals surface area contributed by atoms with Gasteiger partial charge in [-0.3, -0.25) is 0 Å². The van der Waals surface area contributed by atoms with Crippen molar-refractivity contribution in [2.24, 2.45) is 5.73 Å². The Morgan fingerprint density at radius 3 is 2.00 bits per heavy atom. The molecule has 10 heteroatoms. The maximum absolute atomic E-state index is 13.6. The van der Waals surface area contributed by atoms with Gasteiger partial charge in [0.15, 0.2) is 0 Å². The summed E-state index contributed by atoms with van der Waals surface area (Å²) in [6, 6.07) is 6.35. The van der Waals surface area contributed by atoms with E-state index >= 15 is 0 Å². The van der Waals surface area contributed by atoms with Gasteiger partial charge in [-0.25, -0.2) is 0 Å². The third-order valence-electron chi connectivity index (χ3n) is 3.75. The molecule has 0 amide bonds. The first-order chi connectivity index (χ1) is 12.0. The Morgan fingerprint density at radius 2 is 1.54 bits per heavy atom. The van der Waals surface area contributed by atoms with Gasteiger partial charge in [0, 0.05) is 17.3 Å². The molecule has 0 unspecified atom stereocenters. The zero-order valence-corrected chi connectivity index (χ0v) is 16.0. The number of nitrogens with one attached hydrogen (secondary N) is 1. The SMILES string of the molecule is NCc1ccc(NC[C@@](O)(c2cc(Cl)c(Cl)c(Cl)c2)C(F)(F)F)cc1Cl. The van der Waals surface area contributed by atoms with Gasteiger partial charge in [0.1, 0.15) is 0 Å². The Hall–Kier alpha value is -0.890. The molecule has 1 atom stereocenters. The average Bonchev–Trinajstić information content (AvgIpc) is 2.56. The molecule has 2 aromatic rings. The predicted molar refractivity (Wildman–Crippen MR) is 99.3 cm³/mol. The van der Waals surface area contributed by atoms with Gasteiger partial charge in [-0.1, -0.05) is 52.5 Å². The van der Waals surface area contributed by atoms with Crippen LogP contribution in [0.3, 0.4) is 0 Å². The van der Waals surface area contributed by atoms with Crippen LogP contribution in [0.2, 0.25) is 20.1 Å². The second-order valence-corrected chi connectivity index (χ2v) is 7.08. The molecule has 0 bridgehead atoms. The molecule has 2 rings (SSSR count). The van der Waals surface area contributed by atoms with Crippen LogP contribution < -0.4 is 11.1 Å². The Balaban J connectivity index is 2.38. The quantitative estimate of drug-likeness (QED) is 0.521. The third kappa shape index (κ3) is 4.32. The van der Waals surface area contributed by atoms with E-state index in [-0.39, 0.29) is 27.3 Å². The molecule has 4 N–H and O–H groups in total. The molecule has 0 saturated heterocycles. The number of benzene rings is 2. The molecule has 0 spiro atoms. The smallest absolute Gasteiger partial charge is 0.381 e. The molecule has 0 radical (unpaired) electrons. The number of halogens is 7. The lowest BCUT2D eigenvalue weighted by Crippen LogP contribution is -2.47. The highest BCUT2D eigenvalue weighted by atomic mass is 35.5. The minimum absolute atomic E-state index is 0.0984. The number of nitrogens with two attached hydrogens (primary N) is 1.